The number of morpholine rings is 2. The van der Waals surface area contributed by atoms with E-state index in [1.165, 1.54) is 67.1 Å². The van der Waals surface area contributed by atoms with E-state index in [9.17, 15) is 9.59 Å². The van der Waals surface area contributed by atoms with Gasteiger partial charge in [0.05, 0.1) is 26.4 Å². The van der Waals surface area contributed by atoms with E-state index in [-0.39, 0.29) is 8.89 Å². The summed E-state index contributed by atoms with van der Waals surface area (Å²) < 4.78 is 14.9. The maximum Gasteiger partial charge on any atom is 0.271 e. The van der Waals surface area contributed by atoms with E-state index in [0.29, 0.717) is 26.4 Å². The molecular formula is C20H22N2O4S6. The smallest absolute Gasteiger partial charge is 0.271 e. The van der Waals surface area contributed by atoms with Gasteiger partial charge in [-0.05, 0) is 66.1 Å². The number of ether oxygens (including phenoxy) is 2. The Morgan fingerprint density at radius 2 is 1.06 bits per heavy atom. The van der Waals surface area contributed by atoms with Crippen LogP contribution in [0.25, 0.3) is 10.8 Å². The maximum absolute atomic E-state index is 12.4. The molecule has 2 fully saturated rings. The molecule has 2 aliphatic rings. The van der Waals surface area contributed by atoms with Crippen molar-refractivity contribution in [3.05, 3.63) is 36.4 Å². The summed E-state index contributed by atoms with van der Waals surface area (Å²) in [6.07, 6.45) is 0. The number of benzene rings is 2. The van der Waals surface area contributed by atoms with Crippen LogP contribution in [0, 0.1) is 0 Å². The number of carbonyl (C=O) groups is 2. The van der Waals surface area contributed by atoms with Gasteiger partial charge in [0.1, 0.15) is 0 Å². The predicted molar refractivity (Wildman–Crippen MR) is 142 cm³/mol. The zero-order valence-electron chi connectivity index (χ0n) is 17.1. The molecule has 0 aliphatic carbocycles. The molecule has 32 heavy (non-hydrogen) atoms. The first-order chi connectivity index (χ1) is 15.7. The average molecular weight is 547 g/mol. The van der Waals surface area contributed by atoms with Crippen LogP contribution < -0.4 is 0 Å². The van der Waals surface area contributed by atoms with Crippen LogP contribution in [0.5, 0.6) is 0 Å². The Morgan fingerprint density at radius 3 is 1.47 bits per heavy atom. The standard InChI is InChI=1S/C20H22N2O4S6/c23-19(27-21-7-11-25-12-8-21)31-29-17-5-6-18(16-4-2-1-3-15(16)17)30-32-20(24)28-22-9-13-26-14-10-22/h1-6H,7-14H2. The van der Waals surface area contributed by atoms with Crippen molar-refractivity contribution in [1.82, 2.24) is 8.61 Å². The minimum absolute atomic E-state index is 0.0701. The van der Waals surface area contributed by atoms with Crippen molar-refractivity contribution in [2.45, 2.75) is 9.79 Å². The third-order valence-corrected chi connectivity index (χ3v) is 11.7. The van der Waals surface area contributed by atoms with Crippen LogP contribution in [0.1, 0.15) is 0 Å². The number of carbonyl (C=O) groups excluding carboxylic acids is 2. The highest BCUT2D eigenvalue weighted by atomic mass is 33.1. The number of hydrogen-bond donors (Lipinski definition) is 0. The van der Waals surface area contributed by atoms with Crippen molar-refractivity contribution >= 4 is 86.7 Å². The van der Waals surface area contributed by atoms with Gasteiger partial charge in [-0.1, -0.05) is 24.3 Å². The zero-order chi connectivity index (χ0) is 22.2. The Morgan fingerprint density at radius 1 is 0.656 bits per heavy atom. The predicted octanol–water partition coefficient (Wildman–Crippen LogP) is 6.52. The highest BCUT2D eigenvalue weighted by Gasteiger charge is 2.19. The molecular weight excluding hydrogens is 525 g/mol. The molecule has 0 radical (unpaired) electrons. The Balaban J connectivity index is 1.34. The molecule has 2 heterocycles. The van der Waals surface area contributed by atoms with Crippen LogP contribution in [-0.4, -0.2) is 70.1 Å². The first kappa shape index (κ1) is 25.1. The molecule has 4 rings (SSSR count). The van der Waals surface area contributed by atoms with Crippen LogP contribution >= 0.6 is 67.1 Å². The van der Waals surface area contributed by atoms with Crippen molar-refractivity contribution in [3.8, 4) is 0 Å². The number of hydrogen-bond acceptors (Lipinski definition) is 12. The van der Waals surface area contributed by atoms with Gasteiger partial charge in [0.25, 0.3) is 8.89 Å². The van der Waals surface area contributed by atoms with E-state index in [1.807, 2.05) is 24.3 Å². The second-order valence-electron chi connectivity index (χ2n) is 6.71. The monoisotopic (exact) mass is 546 g/mol. The molecule has 0 spiro atoms. The van der Waals surface area contributed by atoms with Gasteiger partial charge in [-0.3, -0.25) is 9.59 Å². The average Bonchev–Trinajstić information content (AvgIpc) is 2.83. The van der Waals surface area contributed by atoms with E-state index in [1.54, 1.807) is 0 Å². The van der Waals surface area contributed by atoms with Gasteiger partial charge >= 0.3 is 0 Å². The van der Waals surface area contributed by atoms with Crippen molar-refractivity contribution in [2.75, 3.05) is 52.6 Å². The summed E-state index contributed by atoms with van der Waals surface area (Å²) in [4.78, 5) is 26.9. The molecule has 2 aromatic carbocycles. The maximum atomic E-state index is 12.4. The Bertz CT molecular complexity index is 863. The second-order valence-corrected chi connectivity index (χ2v) is 13.7. The molecule has 0 N–H and O–H groups in total. The lowest BCUT2D eigenvalue weighted by atomic mass is 10.1. The molecule has 0 unspecified atom stereocenters. The summed E-state index contributed by atoms with van der Waals surface area (Å²) >= 11 is 2.54. The van der Waals surface area contributed by atoms with Gasteiger partial charge in [-0.15, -0.1) is 0 Å². The SMILES string of the molecule is O=C(SSc1ccc(SSC(=O)SN2CCOCC2)c2ccccc12)SN1CCOCC1. The fourth-order valence-corrected chi connectivity index (χ4v) is 9.10. The molecule has 0 saturated carbocycles. The quantitative estimate of drug-likeness (QED) is 0.293. The topological polar surface area (TPSA) is 59.1 Å². The summed E-state index contributed by atoms with van der Waals surface area (Å²) in [6.45, 7) is 5.79. The van der Waals surface area contributed by atoms with Crippen molar-refractivity contribution in [2.24, 2.45) is 0 Å². The lowest BCUT2D eigenvalue weighted by Crippen LogP contribution is -2.31. The highest BCUT2D eigenvalue weighted by Crippen LogP contribution is 2.45. The van der Waals surface area contributed by atoms with E-state index in [2.05, 4.69) is 20.7 Å². The van der Waals surface area contributed by atoms with E-state index in [0.717, 1.165) is 46.7 Å². The molecule has 6 nitrogen and oxygen atoms in total. The molecule has 2 aliphatic heterocycles. The van der Waals surface area contributed by atoms with Crippen molar-refractivity contribution < 1.29 is 19.1 Å². The van der Waals surface area contributed by atoms with Crippen LogP contribution in [0.4, 0.5) is 9.59 Å². The lowest BCUT2D eigenvalue weighted by Gasteiger charge is -2.24. The number of fused-ring (bicyclic) bond motifs is 1. The van der Waals surface area contributed by atoms with Gasteiger partial charge in [0.2, 0.25) is 0 Å². The van der Waals surface area contributed by atoms with E-state index < -0.39 is 0 Å². The molecule has 2 aromatic rings. The highest BCUT2D eigenvalue weighted by molar-refractivity contribution is 8.86. The second kappa shape index (κ2) is 13.2. The van der Waals surface area contributed by atoms with Crippen LogP contribution in [0.15, 0.2) is 46.2 Å². The summed E-state index contributed by atoms with van der Waals surface area (Å²) in [5.74, 6) is 0. The van der Waals surface area contributed by atoms with E-state index >= 15 is 0 Å². The molecule has 12 heteroatoms. The molecule has 0 bridgehead atoms. The van der Waals surface area contributed by atoms with Gasteiger partial charge in [-0.25, -0.2) is 8.61 Å². The molecule has 172 valence electrons. The summed E-state index contributed by atoms with van der Waals surface area (Å²) in [6, 6.07) is 12.2. The van der Waals surface area contributed by atoms with Crippen molar-refractivity contribution in [3.63, 3.8) is 0 Å². The Labute approximate surface area is 212 Å². The van der Waals surface area contributed by atoms with Crippen LogP contribution in [0.3, 0.4) is 0 Å². The molecule has 0 atom stereocenters. The van der Waals surface area contributed by atoms with Crippen LogP contribution in [0.2, 0.25) is 0 Å². The number of nitrogens with zero attached hydrogens (tertiary/aromatic N) is 2. The largest absolute Gasteiger partial charge is 0.379 e. The molecule has 2 saturated heterocycles. The third kappa shape index (κ3) is 7.49. The Hall–Kier alpha value is -0.0200. The van der Waals surface area contributed by atoms with Gasteiger partial charge < -0.3 is 9.47 Å². The fraction of sp³-hybridized carbons (Fsp3) is 0.400. The van der Waals surface area contributed by atoms with E-state index in [4.69, 9.17) is 9.47 Å². The minimum atomic E-state index is 0.0701. The summed E-state index contributed by atoms with van der Waals surface area (Å²) in [7, 11) is 5.48. The van der Waals surface area contributed by atoms with Gasteiger partial charge in [-0.2, -0.15) is 0 Å². The first-order valence-electron chi connectivity index (χ1n) is 9.99. The first-order valence-corrected chi connectivity index (χ1v) is 15.8. The molecule has 0 aromatic heterocycles. The fourth-order valence-electron chi connectivity index (χ4n) is 3.06. The normalized spacial score (nSPS) is 18.1. The minimum Gasteiger partial charge on any atom is -0.379 e. The third-order valence-electron chi connectivity index (χ3n) is 4.59. The lowest BCUT2D eigenvalue weighted by molar-refractivity contribution is 0.0775. The Kier molecular flexibility index (Phi) is 10.3. The van der Waals surface area contributed by atoms with Crippen LogP contribution in [-0.2, 0) is 9.47 Å². The van der Waals surface area contributed by atoms with Gasteiger partial charge in [0.15, 0.2) is 0 Å². The zero-order valence-corrected chi connectivity index (χ0v) is 22.0. The summed E-state index contributed by atoms with van der Waals surface area (Å²) in [5.41, 5.74) is 0. The summed E-state index contributed by atoms with van der Waals surface area (Å²) in [5, 5.41) is 2.18. The number of rotatable bonds is 6. The van der Waals surface area contributed by atoms with Crippen molar-refractivity contribution in [1.29, 1.82) is 0 Å². The molecule has 0 amide bonds. The van der Waals surface area contributed by atoms with Gasteiger partial charge in [0, 0.05) is 59.9 Å².